The van der Waals surface area contributed by atoms with Gasteiger partial charge >= 0.3 is 0 Å². The minimum Gasteiger partial charge on any atom is -0.488 e. The van der Waals surface area contributed by atoms with Gasteiger partial charge in [-0.1, -0.05) is 35.9 Å². The van der Waals surface area contributed by atoms with E-state index in [4.69, 9.17) is 21.1 Å². The van der Waals surface area contributed by atoms with Crippen LogP contribution < -0.4 is 4.74 Å². The van der Waals surface area contributed by atoms with E-state index in [0.29, 0.717) is 62.3 Å². The minimum atomic E-state index is -0.155. The number of likely N-dealkylation sites (tertiary alicyclic amines) is 1. The molecule has 0 radical (unpaired) electrons. The quantitative estimate of drug-likeness (QED) is 0.709. The van der Waals surface area contributed by atoms with Gasteiger partial charge in [-0.2, -0.15) is 0 Å². The highest BCUT2D eigenvalue weighted by atomic mass is 35.5. The Labute approximate surface area is 187 Å². The molecule has 2 aromatic rings. The zero-order valence-electron chi connectivity index (χ0n) is 17.5. The van der Waals surface area contributed by atoms with Crippen molar-refractivity contribution >= 4 is 23.4 Å². The lowest BCUT2D eigenvalue weighted by Crippen LogP contribution is -2.49. The van der Waals surface area contributed by atoms with Crippen molar-refractivity contribution in [3.8, 4) is 5.75 Å². The number of para-hydroxylation sites is 1. The fraction of sp³-hybridized carbons (Fsp3) is 0.417. The molecule has 0 N–H and O–H groups in total. The second kappa shape index (κ2) is 10.2. The van der Waals surface area contributed by atoms with Gasteiger partial charge in [-0.05, 0) is 42.7 Å². The Morgan fingerprint density at radius 2 is 1.74 bits per heavy atom. The Morgan fingerprint density at radius 3 is 2.52 bits per heavy atom. The van der Waals surface area contributed by atoms with Crippen LogP contribution in [-0.2, 0) is 16.1 Å². The first-order chi connectivity index (χ1) is 15.1. The first-order valence-corrected chi connectivity index (χ1v) is 11.1. The van der Waals surface area contributed by atoms with E-state index in [1.165, 1.54) is 0 Å². The normalized spacial score (nSPS) is 19.2. The number of morpholine rings is 1. The predicted octanol–water partition coefficient (Wildman–Crippen LogP) is 3.63. The first kappa shape index (κ1) is 21.7. The van der Waals surface area contributed by atoms with Crippen LogP contribution in [0.5, 0.6) is 5.75 Å². The fourth-order valence-electron chi connectivity index (χ4n) is 4.09. The molecule has 0 bridgehead atoms. The van der Waals surface area contributed by atoms with Gasteiger partial charge in [0.2, 0.25) is 5.91 Å². The van der Waals surface area contributed by atoms with Crippen LogP contribution >= 0.6 is 11.6 Å². The van der Waals surface area contributed by atoms with Crippen molar-refractivity contribution in [3.05, 3.63) is 64.7 Å². The number of halogens is 1. The highest BCUT2D eigenvalue weighted by Gasteiger charge is 2.32. The van der Waals surface area contributed by atoms with Gasteiger partial charge < -0.3 is 19.3 Å². The van der Waals surface area contributed by atoms with Crippen molar-refractivity contribution in [1.82, 2.24) is 9.80 Å². The highest BCUT2D eigenvalue weighted by molar-refractivity contribution is 6.30. The minimum absolute atomic E-state index is 0.0915. The number of carbonyl (C=O) groups is 2. The molecule has 7 heteroatoms. The lowest BCUT2D eigenvalue weighted by molar-refractivity contribution is -0.141. The van der Waals surface area contributed by atoms with Crippen LogP contribution in [0.25, 0.3) is 0 Å². The smallest absolute Gasteiger partial charge is 0.257 e. The molecule has 0 spiro atoms. The van der Waals surface area contributed by atoms with Crippen molar-refractivity contribution in [3.63, 3.8) is 0 Å². The molecule has 2 aliphatic heterocycles. The van der Waals surface area contributed by atoms with Crippen LogP contribution in [0.3, 0.4) is 0 Å². The molecule has 2 heterocycles. The lowest BCUT2D eigenvalue weighted by Gasteiger charge is -2.36. The molecule has 2 fully saturated rings. The van der Waals surface area contributed by atoms with Crippen LogP contribution in [-0.4, -0.2) is 61.0 Å². The molecule has 2 aliphatic rings. The van der Waals surface area contributed by atoms with Gasteiger partial charge in [0.25, 0.3) is 5.91 Å². The second-order valence-electron chi connectivity index (χ2n) is 7.94. The third-order valence-electron chi connectivity index (χ3n) is 5.81. The molecule has 0 aliphatic carbocycles. The number of ether oxygens (including phenoxy) is 2. The number of nitrogens with zero attached hydrogens (tertiary/aromatic N) is 2. The average Bonchev–Trinajstić information content (AvgIpc) is 2.83. The summed E-state index contributed by atoms with van der Waals surface area (Å²) in [6.07, 6.45) is 1.63. The summed E-state index contributed by atoms with van der Waals surface area (Å²) < 4.78 is 11.3. The maximum Gasteiger partial charge on any atom is 0.257 e. The van der Waals surface area contributed by atoms with E-state index in [1.807, 2.05) is 47.4 Å². The van der Waals surface area contributed by atoms with E-state index in [-0.39, 0.29) is 17.7 Å². The van der Waals surface area contributed by atoms with Gasteiger partial charge in [-0.15, -0.1) is 0 Å². The van der Waals surface area contributed by atoms with Gasteiger partial charge in [0.05, 0.1) is 24.7 Å². The van der Waals surface area contributed by atoms with Crippen molar-refractivity contribution in [2.75, 3.05) is 39.4 Å². The third-order valence-corrected chi connectivity index (χ3v) is 6.06. The summed E-state index contributed by atoms with van der Waals surface area (Å²) in [5.74, 6) is 0.432. The van der Waals surface area contributed by atoms with Crippen LogP contribution in [0.15, 0.2) is 48.5 Å². The summed E-state index contributed by atoms with van der Waals surface area (Å²) in [5, 5.41) is 0.672. The number of hydrogen-bond acceptors (Lipinski definition) is 4. The zero-order chi connectivity index (χ0) is 21.6. The fourth-order valence-corrected chi connectivity index (χ4v) is 4.21. The highest BCUT2D eigenvalue weighted by Crippen LogP contribution is 2.26. The summed E-state index contributed by atoms with van der Waals surface area (Å²) in [7, 11) is 0. The third kappa shape index (κ3) is 5.38. The first-order valence-electron chi connectivity index (χ1n) is 10.7. The maximum atomic E-state index is 13.3. The van der Waals surface area contributed by atoms with E-state index in [1.54, 1.807) is 11.0 Å². The van der Waals surface area contributed by atoms with Gasteiger partial charge in [-0.3, -0.25) is 9.59 Å². The Morgan fingerprint density at radius 1 is 1.00 bits per heavy atom. The molecular weight excluding hydrogens is 416 g/mol. The standard InChI is InChI=1S/C24H27ClN2O4/c25-20-9-7-18(8-10-20)17-31-22-6-2-1-5-21(22)24(29)27-11-3-4-19(16-27)23(28)26-12-14-30-15-13-26/h1-2,5-10,19H,3-4,11-17H2. The Balaban J connectivity index is 1.42. The van der Waals surface area contributed by atoms with E-state index in [2.05, 4.69) is 0 Å². The van der Waals surface area contributed by atoms with E-state index in [0.717, 1.165) is 18.4 Å². The summed E-state index contributed by atoms with van der Waals surface area (Å²) in [6, 6.07) is 14.7. The van der Waals surface area contributed by atoms with Crippen LogP contribution in [0.2, 0.25) is 5.02 Å². The van der Waals surface area contributed by atoms with Crippen LogP contribution in [0.1, 0.15) is 28.8 Å². The molecule has 2 amide bonds. The summed E-state index contributed by atoms with van der Waals surface area (Å²) >= 11 is 5.94. The number of hydrogen-bond donors (Lipinski definition) is 0. The van der Waals surface area contributed by atoms with Gasteiger partial charge in [-0.25, -0.2) is 0 Å². The Bertz CT molecular complexity index is 912. The predicted molar refractivity (Wildman–Crippen MR) is 118 cm³/mol. The molecule has 2 aromatic carbocycles. The Hall–Kier alpha value is -2.57. The molecular formula is C24H27ClN2O4. The second-order valence-corrected chi connectivity index (χ2v) is 8.38. The summed E-state index contributed by atoms with van der Waals surface area (Å²) in [6.45, 7) is 3.87. The summed E-state index contributed by atoms with van der Waals surface area (Å²) in [4.78, 5) is 29.9. The van der Waals surface area contributed by atoms with Crippen LogP contribution in [0, 0.1) is 5.92 Å². The zero-order valence-corrected chi connectivity index (χ0v) is 18.2. The summed E-state index contributed by atoms with van der Waals surface area (Å²) in [5.41, 5.74) is 1.50. The SMILES string of the molecule is O=C(c1ccccc1OCc1ccc(Cl)cc1)N1CCCC(C(=O)N2CCOCC2)C1. The maximum absolute atomic E-state index is 13.3. The van der Waals surface area contributed by atoms with Gasteiger partial charge in [0, 0.05) is 31.2 Å². The van der Waals surface area contributed by atoms with Crippen molar-refractivity contribution < 1.29 is 19.1 Å². The average molecular weight is 443 g/mol. The molecule has 0 aromatic heterocycles. The molecule has 31 heavy (non-hydrogen) atoms. The lowest BCUT2D eigenvalue weighted by atomic mass is 9.95. The molecule has 164 valence electrons. The molecule has 2 saturated heterocycles. The number of piperidine rings is 1. The number of benzene rings is 2. The van der Waals surface area contributed by atoms with Crippen molar-refractivity contribution in [2.45, 2.75) is 19.4 Å². The van der Waals surface area contributed by atoms with E-state index in [9.17, 15) is 9.59 Å². The molecule has 6 nitrogen and oxygen atoms in total. The monoisotopic (exact) mass is 442 g/mol. The van der Waals surface area contributed by atoms with E-state index < -0.39 is 0 Å². The number of rotatable bonds is 5. The number of carbonyl (C=O) groups excluding carboxylic acids is 2. The molecule has 1 unspecified atom stereocenters. The molecule has 4 rings (SSSR count). The van der Waals surface area contributed by atoms with Crippen LogP contribution in [0.4, 0.5) is 0 Å². The van der Waals surface area contributed by atoms with Gasteiger partial charge in [0.1, 0.15) is 12.4 Å². The van der Waals surface area contributed by atoms with Crippen molar-refractivity contribution in [2.24, 2.45) is 5.92 Å². The largest absolute Gasteiger partial charge is 0.488 e. The Kier molecular flexibility index (Phi) is 7.10. The molecule has 1 atom stereocenters. The number of amides is 2. The van der Waals surface area contributed by atoms with Crippen molar-refractivity contribution in [1.29, 1.82) is 0 Å². The molecule has 0 saturated carbocycles. The topological polar surface area (TPSA) is 59.1 Å². The van der Waals surface area contributed by atoms with E-state index >= 15 is 0 Å². The van der Waals surface area contributed by atoms with Gasteiger partial charge in [0.15, 0.2) is 0 Å².